The highest BCUT2D eigenvalue weighted by molar-refractivity contribution is 9.09. The average Bonchev–Trinajstić information content (AvgIpc) is 2.31. The highest BCUT2D eigenvalue weighted by atomic mass is 79.9. The van der Waals surface area contributed by atoms with Gasteiger partial charge >= 0.3 is 6.18 Å². The molecule has 1 aliphatic rings. The van der Waals surface area contributed by atoms with Gasteiger partial charge in [-0.1, -0.05) is 15.9 Å². The molecule has 0 aromatic heterocycles. The van der Waals surface area contributed by atoms with E-state index in [0.29, 0.717) is 11.8 Å². The van der Waals surface area contributed by atoms with Gasteiger partial charge in [-0.3, -0.25) is 0 Å². The molecular weight excluding hydrogens is 240 g/mol. The molecule has 1 fully saturated rings. The van der Waals surface area contributed by atoms with E-state index in [0.717, 1.165) is 0 Å². The standard InChI is InChI=1S/C7H9BrF4/c8-4-5-1-2-6(9,3-5)7(10,11)12/h5H,1-4H2. The van der Waals surface area contributed by atoms with Crippen molar-refractivity contribution in [1.82, 2.24) is 0 Å². The summed E-state index contributed by atoms with van der Waals surface area (Å²) in [6.07, 6.45) is -5.14. The number of alkyl halides is 5. The number of hydrogen-bond donors (Lipinski definition) is 0. The lowest BCUT2D eigenvalue weighted by atomic mass is 10.0. The average molecular weight is 249 g/mol. The van der Waals surface area contributed by atoms with E-state index in [9.17, 15) is 17.6 Å². The topological polar surface area (TPSA) is 0 Å². The van der Waals surface area contributed by atoms with Crippen LogP contribution in [-0.4, -0.2) is 17.2 Å². The second-order valence-corrected chi connectivity index (χ2v) is 3.87. The van der Waals surface area contributed by atoms with E-state index >= 15 is 0 Å². The molecule has 0 nitrogen and oxygen atoms in total. The third kappa shape index (κ3) is 1.75. The quantitative estimate of drug-likeness (QED) is 0.493. The minimum atomic E-state index is -4.69. The van der Waals surface area contributed by atoms with Gasteiger partial charge in [-0.2, -0.15) is 13.2 Å². The van der Waals surface area contributed by atoms with Crippen molar-refractivity contribution in [2.24, 2.45) is 5.92 Å². The lowest BCUT2D eigenvalue weighted by Crippen LogP contribution is -2.38. The molecule has 2 unspecified atom stereocenters. The van der Waals surface area contributed by atoms with Gasteiger partial charge in [0.25, 0.3) is 0 Å². The van der Waals surface area contributed by atoms with E-state index in [1.54, 1.807) is 0 Å². The molecule has 1 saturated carbocycles. The summed E-state index contributed by atoms with van der Waals surface area (Å²) >= 11 is 3.06. The molecule has 0 aromatic rings. The molecular formula is C7H9BrF4. The van der Waals surface area contributed by atoms with Crippen LogP contribution >= 0.6 is 15.9 Å². The zero-order chi connectivity index (χ0) is 9.41. The summed E-state index contributed by atoms with van der Waals surface area (Å²) < 4.78 is 49.3. The summed E-state index contributed by atoms with van der Waals surface area (Å²) in [5, 5.41) is 0.453. The maximum Gasteiger partial charge on any atom is 0.422 e. The smallest absolute Gasteiger partial charge is 0.234 e. The van der Waals surface area contributed by atoms with Gasteiger partial charge in [0.1, 0.15) is 0 Å². The van der Waals surface area contributed by atoms with Gasteiger partial charge in [0.2, 0.25) is 5.67 Å². The van der Waals surface area contributed by atoms with Gasteiger partial charge in [0.05, 0.1) is 0 Å². The van der Waals surface area contributed by atoms with Gasteiger partial charge in [-0.25, -0.2) is 4.39 Å². The van der Waals surface area contributed by atoms with E-state index in [2.05, 4.69) is 15.9 Å². The van der Waals surface area contributed by atoms with Crippen LogP contribution in [-0.2, 0) is 0 Å². The van der Waals surface area contributed by atoms with Crippen molar-refractivity contribution >= 4 is 15.9 Å². The van der Waals surface area contributed by atoms with Crippen LogP contribution in [0.15, 0.2) is 0 Å². The van der Waals surface area contributed by atoms with E-state index < -0.39 is 11.8 Å². The van der Waals surface area contributed by atoms with E-state index in [4.69, 9.17) is 0 Å². The Balaban J connectivity index is 2.64. The number of halogens is 5. The van der Waals surface area contributed by atoms with E-state index in [1.165, 1.54) is 0 Å². The molecule has 12 heavy (non-hydrogen) atoms. The fraction of sp³-hybridized carbons (Fsp3) is 1.00. The molecule has 72 valence electrons. The Hall–Kier alpha value is 0.200. The number of rotatable bonds is 1. The third-order valence-electron chi connectivity index (χ3n) is 2.29. The van der Waals surface area contributed by atoms with Gasteiger partial charge in [-0.05, 0) is 25.2 Å². The molecule has 0 spiro atoms. The monoisotopic (exact) mass is 248 g/mol. The summed E-state index contributed by atoms with van der Waals surface area (Å²) in [5.41, 5.74) is -2.93. The van der Waals surface area contributed by atoms with Crippen molar-refractivity contribution in [2.75, 3.05) is 5.33 Å². The molecule has 0 heterocycles. The first-order valence-electron chi connectivity index (χ1n) is 3.71. The maximum atomic E-state index is 13.1. The molecule has 1 rings (SSSR count). The Morgan fingerprint density at radius 2 is 2.00 bits per heavy atom. The summed E-state index contributed by atoms with van der Waals surface area (Å²) in [5.74, 6) is -0.170. The molecule has 0 bridgehead atoms. The number of hydrogen-bond acceptors (Lipinski definition) is 0. The third-order valence-corrected chi connectivity index (χ3v) is 3.20. The van der Waals surface area contributed by atoms with Gasteiger partial charge in [-0.15, -0.1) is 0 Å². The normalized spacial score (nSPS) is 37.2. The van der Waals surface area contributed by atoms with Crippen LogP contribution in [0.3, 0.4) is 0 Å². The predicted molar refractivity (Wildman–Crippen MR) is 41.0 cm³/mol. The van der Waals surface area contributed by atoms with Crippen molar-refractivity contribution < 1.29 is 17.6 Å². The fourth-order valence-electron chi connectivity index (χ4n) is 1.48. The van der Waals surface area contributed by atoms with Crippen LogP contribution in [0, 0.1) is 5.92 Å². The van der Waals surface area contributed by atoms with Crippen molar-refractivity contribution in [2.45, 2.75) is 31.1 Å². The SMILES string of the molecule is FC(F)(F)C1(F)CCC(CBr)C1. The molecule has 1 aliphatic carbocycles. The van der Waals surface area contributed by atoms with Crippen molar-refractivity contribution in [3.8, 4) is 0 Å². The zero-order valence-corrected chi connectivity index (χ0v) is 7.88. The first-order chi connectivity index (χ1) is 5.39. The largest absolute Gasteiger partial charge is 0.422 e. The molecule has 0 aromatic carbocycles. The van der Waals surface area contributed by atoms with Gasteiger partial charge < -0.3 is 0 Å². The summed E-state index contributed by atoms with van der Waals surface area (Å²) in [7, 11) is 0. The minimum absolute atomic E-state index is 0.170. The van der Waals surface area contributed by atoms with E-state index in [1.807, 2.05) is 0 Å². The Kier molecular flexibility index (Phi) is 2.71. The molecule has 0 N–H and O–H groups in total. The van der Waals surface area contributed by atoms with E-state index in [-0.39, 0.29) is 18.8 Å². The van der Waals surface area contributed by atoms with Gasteiger partial charge in [0.15, 0.2) is 0 Å². The summed E-state index contributed by atoms with van der Waals surface area (Å²) in [6.45, 7) is 0. The molecule has 2 atom stereocenters. The Bertz CT molecular complexity index is 167. The van der Waals surface area contributed by atoms with Crippen molar-refractivity contribution in [3.05, 3.63) is 0 Å². The summed E-state index contributed by atoms with van der Waals surface area (Å²) in [4.78, 5) is 0. The van der Waals surface area contributed by atoms with Crippen LogP contribution in [0.2, 0.25) is 0 Å². The van der Waals surface area contributed by atoms with Crippen LogP contribution in [0.1, 0.15) is 19.3 Å². The highest BCUT2D eigenvalue weighted by Gasteiger charge is 2.58. The van der Waals surface area contributed by atoms with Crippen LogP contribution in [0.4, 0.5) is 17.6 Å². The lowest BCUT2D eigenvalue weighted by molar-refractivity contribution is -0.228. The highest BCUT2D eigenvalue weighted by Crippen LogP contribution is 2.48. The maximum absolute atomic E-state index is 13.1. The minimum Gasteiger partial charge on any atom is -0.234 e. The van der Waals surface area contributed by atoms with Crippen LogP contribution in [0.25, 0.3) is 0 Å². The first-order valence-corrected chi connectivity index (χ1v) is 4.83. The molecule has 0 radical (unpaired) electrons. The van der Waals surface area contributed by atoms with Crippen LogP contribution < -0.4 is 0 Å². The van der Waals surface area contributed by atoms with Gasteiger partial charge in [0, 0.05) is 5.33 Å². The second kappa shape index (κ2) is 3.16. The summed E-state index contributed by atoms with van der Waals surface area (Å²) in [6, 6.07) is 0. The zero-order valence-electron chi connectivity index (χ0n) is 6.30. The molecule has 5 heteroatoms. The lowest BCUT2D eigenvalue weighted by Gasteiger charge is -2.22. The Morgan fingerprint density at radius 1 is 1.42 bits per heavy atom. The molecule has 0 amide bonds. The first kappa shape index (κ1) is 10.3. The second-order valence-electron chi connectivity index (χ2n) is 3.23. The fourth-order valence-corrected chi connectivity index (χ4v) is 2.04. The Labute approximate surface area is 76.5 Å². The molecule has 0 saturated heterocycles. The molecule has 0 aliphatic heterocycles. The Morgan fingerprint density at radius 3 is 2.25 bits per heavy atom. The van der Waals surface area contributed by atoms with Crippen molar-refractivity contribution in [1.29, 1.82) is 0 Å². The predicted octanol–water partition coefficient (Wildman–Crippen LogP) is 3.45. The van der Waals surface area contributed by atoms with Crippen molar-refractivity contribution in [3.63, 3.8) is 0 Å². The van der Waals surface area contributed by atoms with Crippen LogP contribution in [0.5, 0.6) is 0 Å².